The van der Waals surface area contributed by atoms with E-state index in [2.05, 4.69) is 39.2 Å². The minimum Gasteiger partial charge on any atom is -0.385 e. The van der Waals surface area contributed by atoms with Crippen molar-refractivity contribution in [1.82, 2.24) is 20.1 Å². The van der Waals surface area contributed by atoms with E-state index in [0.29, 0.717) is 19.4 Å². The summed E-state index contributed by atoms with van der Waals surface area (Å²) in [5.41, 5.74) is 5.44. The van der Waals surface area contributed by atoms with Gasteiger partial charge in [-0.25, -0.2) is 0 Å². The summed E-state index contributed by atoms with van der Waals surface area (Å²) in [6.45, 7) is 8.86. The van der Waals surface area contributed by atoms with Crippen molar-refractivity contribution in [2.75, 3.05) is 33.4 Å². The van der Waals surface area contributed by atoms with Crippen LogP contribution in [0.3, 0.4) is 0 Å². The Labute approximate surface area is 197 Å². The highest BCUT2D eigenvalue weighted by Gasteiger charge is 2.27. The molecule has 0 spiro atoms. The van der Waals surface area contributed by atoms with E-state index < -0.39 is 5.60 Å². The van der Waals surface area contributed by atoms with Crippen LogP contribution in [0.5, 0.6) is 0 Å². The van der Waals surface area contributed by atoms with Gasteiger partial charge in [-0.15, -0.1) is 11.3 Å². The number of ether oxygens (including phenoxy) is 2. The third kappa shape index (κ3) is 4.11. The van der Waals surface area contributed by atoms with Crippen LogP contribution in [0.2, 0.25) is 0 Å². The molecular weight excluding hydrogens is 436 g/mol. The van der Waals surface area contributed by atoms with E-state index in [1.54, 1.807) is 18.4 Å². The highest BCUT2D eigenvalue weighted by molar-refractivity contribution is 7.19. The Kier molecular flexibility index (Phi) is 6.28. The van der Waals surface area contributed by atoms with Crippen molar-refractivity contribution < 1.29 is 14.6 Å². The first kappa shape index (κ1) is 22.6. The number of nitrogens with zero attached hydrogens (tertiary/aromatic N) is 2. The van der Waals surface area contributed by atoms with Crippen molar-refractivity contribution in [3.05, 3.63) is 40.3 Å². The topological polar surface area (TPSA) is 86.4 Å². The molecule has 4 aromatic rings. The standard InChI is InChI=1S/C25H32N4O3S/c1-4-25(30,5-2)16-6-7-18-19(14-29-8-10-32-11-9-29)22(26-20(18)12-16)23-24-21(27-28-23)13-17(33-24)15-31-3/h6-7,12-13,26,30H,4-5,8-11,14-15H2,1-3H3,(H,27,28). The highest BCUT2D eigenvalue weighted by Crippen LogP contribution is 2.39. The molecule has 0 unspecified atom stereocenters. The third-order valence-electron chi connectivity index (χ3n) is 6.91. The van der Waals surface area contributed by atoms with Crippen molar-refractivity contribution in [2.45, 2.75) is 45.4 Å². The fourth-order valence-electron chi connectivity index (χ4n) is 4.80. The zero-order chi connectivity index (χ0) is 23.0. The third-order valence-corrected chi connectivity index (χ3v) is 8.02. The summed E-state index contributed by atoms with van der Waals surface area (Å²) >= 11 is 1.72. The van der Waals surface area contributed by atoms with Gasteiger partial charge in [0, 0.05) is 48.1 Å². The molecule has 0 bridgehead atoms. The summed E-state index contributed by atoms with van der Waals surface area (Å²) < 4.78 is 12.0. The SMILES string of the molecule is CCC(O)(CC)c1ccc2c(CN3CCOCC3)c(-c3n[nH]c4cc(COC)sc34)[nH]c2c1. The number of benzene rings is 1. The lowest BCUT2D eigenvalue weighted by molar-refractivity contribution is 0.0285. The van der Waals surface area contributed by atoms with Gasteiger partial charge in [0.15, 0.2) is 0 Å². The summed E-state index contributed by atoms with van der Waals surface area (Å²) in [7, 11) is 1.72. The summed E-state index contributed by atoms with van der Waals surface area (Å²) in [5.74, 6) is 0. The van der Waals surface area contributed by atoms with Crippen molar-refractivity contribution in [1.29, 1.82) is 0 Å². The Balaban J connectivity index is 1.65. The van der Waals surface area contributed by atoms with Crippen molar-refractivity contribution >= 4 is 32.5 Å². The first-order chi connectivity index (χ1) is 16.1. The second-order valence-electron chi connectivity index (χ2n) is 8.83. The van der Waals surface area contributed by atoms with Gasteiger partial charge >= 0.3 is 0 Å². The zero-order valence-corrected chi connectivity index (χ0v) is 20.3. The molecule has 5 rings (SSSR count). The normalized spacial score (nSPS) is 15.8. The number of methoxy groups -OCH3 is 1. The number of hydrogen-bond donors (Lipinski definition) is 3. The van der Waals surface area contributed by atoms with E-state index in [0.717, 1.165) is 65.5 Å². The number of aromatic amines is 2. The van der Waals surface area contributed by atoms with E-state index in [1.165, 1.54) is 15.8 Å². The molecule has 0 radical (unpaired) electrons. The molecule has 3 aromatic heterocycles. The largest absolute Gasteiger partial charge is 0.385 e. The molecule has 3 N–H and O–H groups in total. The van der Waals surface area contributed by atoms with Crippen molar-refractivity contribution in [2.24, 2.45) is 0 Å². The first-order valence-corrected chi connectivity index (χ1v) is 12.5. The Morgan fingerprint density at radius 1 is 1.18 bits per heavy atom. The van der Waals surface area contributed by atoms with Gasteiger partial charge in [-0.05, 0) is 30.5 Å². The van der Waals surface area contributed by atoms with E-state index in [9.17, 15) is 5.11 Å². The number of aliphatic hydroxyl groups is 1. The molecule has 0 atom stereocenters. The fraction of sp³-hybridized carbons (Fsp3) is 0.480. The number of hydrogen-bond acceptors (Lipinski definition) is 6. The molecular formula is C25H32N4O3S. The number of nitrogens with one attached hydrogen (secondary N) is 2. The molecule has 0 saturated carbocycles. The van der Waals surface area contributed by atoms with Crippen LogP contribution in [0.4, 0.5) is 0 Å². The van der Waals surface area contributed by atoms with Gasteiger partial charge in [-0.1, -0.05) is 26.0 Å². The average molecular weight is 469 g/mol. The van der Waals surface area contributed by atoms with Crippen LogP contribution in [-0.4, -0.2) is 58.6 Å². The maximum atomic E-state index is 11.1. The van der Waals surface area contributed by atoms with Crippen LogP contribution in [0.15, 0.2) is 24.3 Å². The molecule has 7 nitrogen and oxygen atoms in total. The fourth-order valence-corrected chi connectivity index (χ4v) is 5.88. The van der Waals surface area contributed by atoms with E-state index in [-0.39, 0.29) is 0 Å². The van der Waals surface area contributed by atoms with Crippen LogP contribution in [-0.2, 0) is 28.2 Å². The molecule has 0 aliphatic carbocycles. The Morgan fingerprint density at radius 3 is 2.70 bits per heavy atom. The number of fused-ring (bicyclic) bond motifs is 2. The Hall–Kier alpha value is -2.23. The van der Waals surface area contributed by atoms with Gasteiger partial charge < -0.3 is 19.6 Å². The van der Waals surface area contributed by atoms with Crippen LogP contribution >= 0.6 is 11.3 Å². The number of H-pyrrole nitrogens is 2. The molecule has 176 valence electrons. The van der Waals surface area contributed by atoms with Crippen LogP contribution < -0.4 is 0 Å². The minimum atomic E-state index is -0.813. The van der Waals surface area contributed by atoms with Gasteiger partial charge in [-0.3, -0.25) is 10.00 Å². The summed E-state index contributed by atoms with van der Waals surface area (Å²) in [6, 6.07) is 8.47. The molecule has 1 aliphatic rings. The number of thiophene rings is 1. The van der Waals surface area contributed by atoms with Crippen LogP contribution in [0, 0.1) is 0 Å². The quantitative estimate of drug-likeness (QED) is 0.347. The van der Waals surface area contributed by atoms with Gasteiger partial charge in [0.1, 0.15) is 5.69 Å². The average Bonchev–Trinajstić information content (AvgIpc) is 3.52. The second kappa shape index (κ2) is 9.19. The maximum Gasteiger partial charge on any atom is 0.126 e. The molecule has 1 fully saturated rings. The monoisotopic (exact) mass is 468 g/mol. The molecule has 8 heteroatoms. The smallest absolute Gasteiger partial charge is 0.126 e. The molecule has 4 heterocycles. The van der Waals surface area contributed by atoms with Gasteiger partial charge in [0.25, 0.3) is 0 Å². The number of morpholine rings is 1. The Bertz CT molecular complexity index is 1250. The molecule has 33 heavy (non-hydrogen) atoms. The zero-order valence-electron chi connectivity index (χ0n) is 19.5. The Morgan fingerprint density at radius 2 is 1.97 bits per heavy atom. The van der Waals surface area contributed by atoms with E-state index in [4.69, 9.17) is 14.6 Å². The van der Waals surface area contributed by atoms with E-state index in [1.807, 2.05) is 13.8 Å². The lowest BCUT2D eigenvalue weighted by atomic mass is 9.88. The highest BCUT2D eigenvalue weighted by atomic mass is 32.1. The minimum absolute atomic E-state index is 0.593. The van der Waals surface area contributed by atoms with Gasteiger partial charge in [0.2, 0.25) is 0 Å². The molecule has 1 saturated heterocycles. The predicted molar refractivity (Wildman–Crippen MR) is 133 cm³/mol. The van der Waals surface area contributed by atoms with Gasteiger partial charge in [-0.2, -0.15) is 5.10 Å². The number of rotatable bonds is 8. The predicted octanol–water partition coefficient (Wildman–Crippen LogP) is 4.76. The summed E-state index contributed by atoms with van der Waals surface area (Å²) in [5, 5.41) is 20.2. The van der Waals surface area contributed by atoms with Crippen LogP contribution in [0.1, 0.15) is 42.7 Å². The molecule has 1 aliphatic heterocycles. The second-order valence-corrected chi connectivity index (χ2v) is 9.96. The van der Waals surface area contributed by atoms with Crippen molar-refractivity contribution in [3.63, 3.8) is 0 Å². The van der Waals surface area contributed by atoms with Crippen molar-refractivity contribution in [3.8, 4) is 11.4 Å². The first-order valence-electron chi connectivity index (χ1n) is 11.7. The van der Waals surface area contributed by atoms with E-state index >= 15 is 0 Å². The lowest BCUT2D eigenvalue weighted by Gasteiger charge is -2.27. The summed E-state index contributed by atoms with van der Waals surface area (Å²) in [4.78, 5) is 7.28. The summed E-state index contributed by atoms with van der Waals surface area (Å²) in [6.07, 6.45) is 1.36. The molecule has 1 aromatic carbocycles. The van der Waals surface area contributed by atoms with Gasteiger partial charge in [0.05, 0.1) is 41.3 Å². The molecule has 0 amide bonds. The number of aromatic nitrogens is 3. The van der Waals surface area contributed by atoms with Crippen LogP contribution in [0.25, 0.3) is 32.5 Å². The lowest BCUT2D eigenvalue weighted by Crippen LogP contribution is -2.35. The maximum absolute atomic E-state index is 11.1.